The number of carbonyl (C=O) groups excluding carboxylic acids is 1. The lowest BCUT2D eigenvalue weighted by Gasteiger charge is -2.25. The van der Waals surface area contributed by atoms with Gasteiger partial charge in [0.05, 0.1) is 23.2 Å². The van der Waals surface area contributed by atoms with E-state index >= 15 is 0 Å². The van der Waals surface area contributed by atoms with Crippen molar-refractivity contribution in [3.63, 3.8) is 0 Å². The number of amides is 1. The molecule has 0 spiro atoms. The summed E-state index contributed by atoms with van der Waals surface area (Å²) < 4.78 is 0. The van der Waals surface area contributed by atoms with E-state index in [0.29, 0.717) is 16.6 Å². The number of hydrogen-bond donors (Lipinski definition) is 1. The van der Waals surface area contributed by atoms with Gasteiger partial charge >= 0.3 is 0 Å². The molecule has 1 atom stereocenters. The van der Waals surface area contributed by atoms with Gasteiger partial charge in [-0.05, 0) is 48.6 Å². The first-order chi connectivity index (χ1) is 14.1. The summed E-state index contributed by atoms with van der Waals surface area (Å²) in [5.41, 5.74) is 1.75. The number of thioether (sulfide) groups is 1. The number of aliphatic imine (C=N–C) groups is 1. The van der Waals surface area contributed by atoms with Crippen LogP contribution in [0.4, 0.5) is 5.69 Å². The van der Waals surface area contributed by atoms with Gasteiger partial charge in [-0.25, -0.2) is 4.99 Å². The molecule has 0 bridgehead atoms. The molecular formula is C23H27N3O2S. The zero-order valence-electron chi connectivity index (χ0n) is 16.9. The van der Waals surface area contributed by atoms with Gasteiger partial charge < -0.3 is 10.0 Å². The molecule has 29 heavy (non-hydrogen) atoms. The minimum absolute atomic E-state index is 0.118. The summed E-state index contributed by atoms with van der Waals surface area (Å²) in [6.07, 6.45) is 1.24. The largest absolute Gasteiger partial charge is 0.390 e. The van der Waals surface area contributed by atoms with Crippen LogP contribution in [0.2, 0.25) is 0 Å². The van der Waals surface area contributed by atoms with E-state index in [4.69, 9.17) is 0 Å². The van der Waals surface area contributed by atoms with Crippen molar-refractivity contribution in [3.8, 4) is 0 Å². The van der Waals surface area contributed by atoms with Crippen LogP contribution in [-0.2, 0) is 4.79 Å². The average molecular weight is 410 g/mol. The molecule has 1 fully saturated rings. The van der Waals surface area contributed by atoms with Gasteiger partial charge in [0.25, 0.3) is 5.91 Å². The summed E-state index contributed by atoms with van der Waals surface area (Å²) in [7, 11) is 0. The first-order valence-electron chi connectivity index (χ1n) is 9.91. The molecule has 1 heterocycles. The highest BCUT2D eigenvalue weighted by atomic mass is 32.2. The summed E-state index contributed by atoms with van der Waals surface area (Å²) in [6.45, 7) is 6.60. The normalized spacial score (nSPS) is 18.2. The summed E-state index contributed by atoms with van der Waals surface area (Å²) in [4.78, 5) is 22.1. The number of amidine groups is 1. The Bertz CT molecular complexity index is 864. The maximum absolute atomic E-state index is 13.1. The topological polar surface area (TPSA) is 56.1 Å². The summed E-state index contributed by atoms with van der Waals surface area (Å²) in [5, 5.41) is 11.2. The molecule has 0 saturated carbocycles. The van der Waals surface area contributed by atoms with Crippen molar-refractivity contribution in [2.24, 2.45) is 4.99 Å². The Hall–Kier alpha value is -2.41. The molecule has 3 rings (SSSR count). The van der Waals surface area contributed by atoms with Gasteiger partial charge in [-0.1, -0.05) is 62.4 Å². The number of carbonyl (C=O) groups is 1. The zero-order valence-corrected chi connectivity index (χ0v) is 17.7. The summed E-state index contributed by atoms with van der Waals surface area (Å²) in [5.74, 6) is -0.118. The predicted octanol–water partition coefficient (Wildman–Crippen LogP) is 3.99. The van der Waals surface area contributed by atoms with Crippen LogP contribution in [0.5, 0.6) is 0 Å². The lowest BCUT2D eigenvalue weighted by molar-refractivity contribution is -0.123. The fourth-order valence-electron chi connectivity index (χ4n) is 3.11. The first kappa shape index (κ1) is 21.3. The second-order valence-electron chi connectivity index (χ2n) is 6.81. The molecule has 0 aromatic heterocycles. The Morgan fingerprint density at radius 3 is 2.31 bits per heavy atom. The first-order valence-corrected chi connectivity index (χ1v) is 10.7. The molecule has 1 amide bonds. The highest BCUT2D eigenvalue weighted by Crippen LogP contribution is 2.34. The number of nitrogens with zero attached hydrogens (tertiary/aromatic N) is 3. The van der Waals surface area contributed by atoms with Crippen molar-refractivity contribution in [3.05, 3.63) is 71.1 Å². The quantitative estimate of drug-likeness (QED) is 0.670. The molecule has 6 heteroatoms. The van der Waals surface area contributed by atoms with Crippen LogP contribution in [0.15, 0.2) is 70.6 Å². The van der Waals surface area contributed by atoms with E-state index in [1.807, 2.05) is 66.7 Å². The molecule has 0 aliphatic carbocycles. The Morgan fingerprint density at radius 1 is 1.07 bits per heavy atom. The van der Waals surface area contributed by atoms with E-state index in [1.54, 1.807) is 4.90 Å². The Balaban J connectivity index is 1.86. The van der Waals surface area contributed by atoms with E-state index in [2.05, 4.69) is 23.7 Å². The van der Waals surface area contributed by atoms with Gasteiger partial charge in [0.2, 0.25) is 0 Å². The molecule has 0 radical (unpaired) electrons. The minimum Gasteiger partial charge on any atom is -0.390 e. The van der Waals surface area contributed by atoms with Crippen LogP contribution < -0.4 is 0 Å². The number of benzene rings is 2. The maximum Gasteiger partial charge on any atom is 0.266 e. The third kappa shape index (κ3) is 5.79. The lowest BCUT2D eigenvalue weighted by atomic mass is 10.2. The number of para-hydroxylation sites is 1. The smallest absolute Gasteiger partial charge is 0.266 e. The SMILES string of the molecule is CCN(CC)CC(O)CN1C(=O)/C(=C\c2ccccc2)SC1=Nc1ccccc1. The van der Waals surface area contributed by atoms with Gasteiger partial charge in [-0.2, -0.15) is 0 Å². The molecule has 2 aromatic rings. The van der Waals surface area contributed by atoms with E-state index in [-0.39, 0.29) is 12.5 Å². The minimum atomic E-state index is -0.642. The van der Waals surface area contributed by atoms with Crippen molar-refractivity contribution < 1.29 is 9.90 Å². The lowest BCUT2D eigenvalue weighted by Crippen LogP contribution is -2.42. The van der Waals surface area contributed by atoms with Crippen molar-refractivity contribution in [1.82, 2.24) is 9.80 Å². The van der Waals surface area contributed by atoms with Crippen LogP contribution >= 0.6 is 11.8 Å². The van der Waals surface area contributed by atoms with Crippen molar-refractivity contribution in [2.45, 2.75) is 20.0 Å². The van der Waals surface area contributed by atoms with Gasteiger partial charge in [0.1, 0.15) is 0 Å². The molecule has 1 saturated heterocycles. The Kier molecular flexibility index (Phi) is 7.63. The Morgan fingerprint density at radius 2 is 1.69 bits per heavy atom. The van der Waals surface area contributed by atoms with E-state index in [1.165, 1.54) is 11.8 Å². The number of aliphatic hydroxyl groups excluding tert-OH is 1. The molecule has 1 N–H and O–H groups in total. The number of likely N-dealkylation sites (N-methyl/N-ethyl adjacent to an activating group) is 1. The van der Waals surface area contributed by atoms with Crippen LogP contribution in [0.3, 0.4) is 0 Å². The highest BCUT2D eigenvalue weighted by Gasteiger charge is 2.34. The van der Waals surface area contributed by atoms with Gasteiger partial charge in [-0.3, -0.25) is 9.69 Å². The fourth-order valence-corrected chi connectivity index (χ4v) is 4.12. The number of β-amino-alcohol motifs (C(OH)–C–C–N with tert-alkyl or cyclic N) is 1. The maximum atomic E-state index is 13.1. The van der Waals surface area contributed by atoms with Crippen LogP contribution in [-0.4, -0.2) is 58.3 Å². The number of hydrogen-bond acceptors (Lipinski definition) is 5. The molecular weight excluding hydrogens is 382 g/mol. The molecule has 1 aliphatic heterocycles. The second-order valence-corrected chi connectivity index (χ2v) is 7.82. The number of rotatable bonds is 8. The fraction of sp³-hybridized carbons (Fsp3) is 0.304. The Labute approximate surface area is 176 Å². The molecule has 1 aliphatic rings. The van der Waals surface area contributed by atoms with Crippen molar-refractivity contribution in [1.29, 1.82) is 0 Å². The molecule has 2 aromatic carbocycles. The van der Waals surface area contributed by atoms with Crippen LogP contribution in [0.1, 0.15) is 19.4 Å². The van der Waals surface area contributed by atoms with Crippen molar-refractivity contribution in [2.75, 3.05) is 26.2 Å². The summed E-state index contributed by atoms with van der Waals surface area (Å²) in [6, 6.07) is 19.3. The predicted molar refractivity (Wildman–Crippen MR) is 121 cm³/mol. The zero-order chi connectivity index (χ0) is 20.6. The van der Waals surface area contributed by atoms with Gasteiger partial charge in [-0.15, -0.1) is 0 Å². The average Bonchev–Trinajstić information content (AvgIpc) is 3.02. The molecule has 152 valence electrons. The summed E-state index contributed by atoms with van der Waals surface area (Å²) >= 11 is 1.35. The van der Waals surface area contributed by atoms with E-state index in [9.17, 15) is 9.90 Å². The standard InChI is InChI=1S/C23H27N3O2S/c1-3-25(4-2)16-20(27)17-26-22(28)21(15-18-11-7-5-8-12-18)29-23(26)24-19-13-9-6-10-14-19/h5-15,20,27H,3-4,16-17H2,1-2H3/b21-15+,24-23?. The second kappa shape index (κ2) is 10.4. The van der Waals surface area contributed by atoms with E-state index < -0.39 is 6.10 Å². The molecule has 5 nitrogen and oxygen atoms in total. The number of aliphatic hydroxyl groups is 1. The molecule has 1 unspecified atom stereocenters. The highest BCUT2D eigenvalue weighted by molar-refractivity contribution is 8.18. The van der Waals surface area contributed by atoms with Crippen molar-refractivity contribution >= 4 is 34.6 Å². The third-order valence-electron chi connectivity index (χ3n) is 4.72. The van der Waals surface area contributed by atoms with Gasteiger partial charge in [0.15, 0.2) is 5.17 Å². The van der Waals surface area contributed by atoms with Gasteiger partial charge in [0, 0.05) is 6.54 Å². The monoisotopic (exact) mass is 409 g/mol. The van der Waals surface area contributed by atoms with Crippen LogP contribution in [0, 0.1) is 0 Å². The third-order valence-corrected chi connectivity index (χ3v) is 5.73. The van der Waals surface area contributed by atoms with E-state index in [0.717, 1.165) is 24.3 Å². The van der Waals surface area contributed by atoms with Crippen LogP contribution in [0.25, 0.3) is 6.08 Å².